The topological polar surface area (TPSA) is 123 Å². The number of hydrogen-bond donors (Lipinski definition) is 2. The molecule has 248 valence electrons. The van der Waals surface area contributed by atoms with Gasteiger partial charge in [0.1, 0.15) is 10.8 Å². The van der Waals surface area contributed by atoms with Gasteiger partial charge in [0.25, 0.3) is 0 Å². The highest BCUT2D eigenvalue weighted by atomic mass is 35.5. The Hall–Kier alpha value is -5.38. The number of amides is 2. The molecule has 11 nitrogen and oxygen atoms in total. The number of aromatic nitrogens is 5. The lowest BCUT2D eigenvalue weighted by molar-refractivity contribution is -0.133. The third-order valence-corrected chi connectivity index (χ3v) is 9.48. The van der Waals surface area contributed by atoms with Crippen LogP contribution in [0.3, 0.4) is 0 Å². The van der Waals surface area contributed by atoms with Gasteiger partial charge in [0, 0.05) is 73.2 Å². The van der Waals surface area contributed by atoms with E-state index in [0.717, 1.165) is 40.1 Å². The number of H-pyrrole nitrogens is 1. The van der Waals surface area contributed by atoms with Crippen LogP contribution in [0.4, 0.5) is 15.8 Å². The summed E-state index contributed by atoms with van der Waals surface area (Å²) in [6.45, 7) is 3.79. The molecular weight excluding hydrogens is 645 g/mol. The van der Waals surface area contributed by atoms with Crippen molar-refractivity contribution in [1.29, 1.82) is 0 Å². The number of aromatic amines is 1. The molecule has 0 saturated carbocycles. The van der Waals surface area contributed by atoms with Gasteiger partial charge >= 0.3 is 0 Å². The Balaban J connectivity index is 0.952. The Morgan fingerprint density at radius 3 is 2.49 bits per heavy atom. The number of fused-ring (bicyclic) bond motifs is 1. The number of halogens is 2. The van der Waals surface area contributed by atoms with E-state index in [1.54, 1.807) is 12.3 Å². The maximum atomic E-state index is 13.8. The standard InChI is InChI=1S/C36H33ClFN9O2/c1-2-10-36(35(49)42-27-5-8-30-29(19-27)33(44-43-30)25-9-12-39-31(37)18-25)11-13-45(23-36)22-32(48)47-16-14-46(15-17-47)28-6-3-24(4-7-28)34-40-20-26(38)21-41-34/h1,3-9,12,18-21H,10-11,13-17,22-23H2,(H,42,49)(H,43,44). The lowest BCUT2D eigenvalue weighted by Crippen LogP contribution is -2.51. The molecule has 7 rings (SSSR count). The Kier molecular flexibility index (Phi) is 8.95. The van der Waals surface area contributed by atoms with Crippen LogP contribution >= 0.6 is 11.6 Å². The second-order valence-corrected chi connectivity index (χ2v) is 12.8. The Morgan fingerprint density at radius 1 is 0.980 bits per heavy atom. The van der Waals surface area contributed by atoms with Crippen LogP contribution in [0.1, 0.15) is 12.8 Å². The fourth-order valence-electron chi connectivity index (χ4n) is 6.61. The van der Waals surface area contributed by atoms with Crippen LogP contribution in [-0.2, 0) is 9.59 Å². The van der Waals surface area contributed by atoms with Crippen molar-refractivity contribution in [3.63, 3.8) is 0 Å². The quantitative estimate of drug-likeness (QED) is 0.176. The van der Waals surface area contributed by atoms with Gasteiger partial charge < -0.3 is 15.1 Å². The number of piperazine rings is 1. The first-order valence-corrected chi connectivity index (χ1v) is 16.4. The average molecular weight is 678 g/mol. The smallest absolute Gasteiger partial charge is 0.236 e. The van der Waals surface area contributed by atoms with Gasteiger partial charge in [-0.15, -0.1) is 12.3 Å². The van der Waals surface area contributed by atoms with Crippen molar-refractivity contribution in [2.75, 3.05) is 56.0 Å². The lowest BCUT2D eigenvalue weighted by atomic mass is 9.82. The number of likely N-dealkylation sites (tertiary alicyclic amines) is 1. The zero-order valence-electron chi connectivity index (χ0n) is 26.6. The average Bonchev–Trinajstić information content (AvgIpc) is 3.73. The van der Waals surface area contributed by atoms with Gasteiger partial charge in [-0.1, -0.05) is 11.6 Å². The fourth-order valence-corrected chi connectivity index (χ4v) is 6.79. The predicted molar refractivity (Wildman–Crippen MR) is 186 cm³/mol. The summed E-state index contributed by atoms with van der Waals surface area (Å²) >= 11 is 6.11. The molecule has 5 heterocycles. The van der Waals surface area contributed by atoms with Crippen molar-refractivity contribution in [3.8, 4) is 35.0 Å². The highest BCUT2D eigenvalue weighted by Gasteiger charge is 2.44. The van der Waals surface area contributed by atoms with E-state index in [9.17, 15) is 14.0 Å². The van der Waals surface area contributed by atoms with E-state index in [4.69, 9.17) is 18.0 Å². The molecule has 2 saturated heterocycles. The minimum absolute atomic E-state index is 0.0366. The van der Waals surface area contributed by atoms with Crippen molar-refractivity contribution in [2.24, 2.45) is 5.41 Å². The lowest BCUT2D eigenvalue weighted by Gasteiger charge is -2.37. The van der Waals surface area contributed by atoms with E-state index in [-0.39, 0.29) is 24.8 Å². The largest absolute Gasteiger partial charge is 0.368 e. The van der Waals surface area contributed by atoms with E-state index in [2.05, 4.69) is 41.3 Å². The molecule has 13 heteroatoms. The Morgan fingerprint density at radius 2 is 1.76 bits per heavy atom. The summed E-state index contributed by atoms with van der Waals surface area (Å²) in [6, 6.07) is 17.0. The molecule has 2 aliphatic rings. The van der Waals surface area contributed by atoms with Crippen LogP contribution in [0, 0.1) is 23.6 Å². The molecule has 3 aromatic heterocycles. The van der Waals surface area contributed by atoms with Gasteiger partial charge in [-0.3, -0.25) is 19.6 Å². The predicted octanol–water partition coefficient (Wildman–Crippen LogP) is 4.88. The SMILES string of the molecule is C#CCC1(C(=O)Nc2ccc3[nH]nc(-c4ccnc(Cl)c4)c3c2)CCN(CC(=O)N2CCN(c3ccc(-c4ncc(F)cn4)cc3)CC2)C1. The third kappa shape index (κ3) is 6.81. The number of hydrogen-bond acceptors (Lipinski definition) is 8. The van der Waals surface area contributed by atoms with E-state index in [1.165, 1.54) is 0 Å². The van der Waals surface area contributed by atoms with Crippen LogP contribution in [0.15, 0.2) is 73.2 Å². The molecule has 0 bridgehead atoms. The first-order valence-electron chi connectivity index (χ1n) is 16.0. The van der Waals surface area contributed by atoms with Crippen LogP contribution in [0.2, 0.25) is 5.15 Å². The van der Waals surface area contributed by atoms with Crippen molar-refractivity contribution >= 4 is 45.7 Å². The molecule has 2 amide bonds. The van der Waals surface area contributed by atoms with E-state index in [1.807, 2.05) is 58.3 Å². The zero-order valence-corrected chi connectivity index (χ0v) is 27.3. The number of pyridine rings is 1. The zero-order chi connectivity index (χ0) is 34.0. The summed E-state index contributed by atoms with van der Waals surface area (Å²) in [6.07, 6.45) is 10.5. The number of terminal acetylenes is 1. The van der Waals surface area contributed by atoms with Crippen LogP contribution in [-0.4, -0.2) is 92.6 Å². The van der Waals surface area contributed by atoms with Gasteiger partial charge in [-0.2, -0.15) is 5.10 Å². The number of nitrogens with one attached hydrogen (secondary N) is 2. The second-order valence-electron chi connectivity index (χ2n) is 12.4. The number of benzene rings is 2. The normalized spacial score (nSPS) is 18.1. The van der Waals surface area contributed by atoms with Gasteiger partial charge in [-0.05, 0) is 67.6 Å². The number of carbonyl (C=O) groups excluding carboxylic acids is 2. The molecule has 2 N–H and O–H groups in total. The van der Waals surface area contributed by atoms with Crippen molar-refractivity contribution in [3.05, 3.63) is 84.2 Å². The molecule has 0 aliphatic carbocycles. The Labute approximate surface area is 287 Å². The molecule has 0 spiro atoms. The first-order chi connectivity index (χ1) is 23.8. The van der Waals surface area contributed by atoms with E-state index in [0.29, 0.717) is 68.0 Å². The highest BCUT2D eigenvalue weighted by Crippen LogP contribution is 2.36. The van der Waals surface area contributed by atoms with E-state index >= 15 is 0 Å². The summed E-state index contributed by atoms with van der Waals surface area (Å²) in [5.74, 6) is 2.57. The summed E-state index contributed by atoms with van der Waals surface area (Å²) in [5.41, 5.74) is 3.98. The Bertz CT molecular complexity index is 2040. The summed E-state index contributed by atoms with van der Waals surface area (Å²) in [5, 5.41) is 11.8. The molecule has 1 unspecified atom stereocenters. The first kappa shape index (κ1) is 32.2. The maximum absolute atomic E-state index is 13.8. The number of anilines is 2. The van der Waals surface area contributed by atoms with Crippen molar-refractivity contribution < 1.29 is 14.0 Å². The van der Waals surface area contributed by atoms with Crippen molar-refractivity contribution in [1.82, 2.24) is 34.9 Å². The summed E-state index contributed by atoms with van der Waals surface area (Å²) in [4.78, 5) is 45.5. The minimum Gasteiger partial charge on any atom is -0.368 e. The maximum Gasteiger partial charge on any atom is 0.236 e. The minimum atomic E-state index is -0.814. The number of nitrogens with zero attached hydrogens (tertiary/aromatic N) is 7. The molecule has 2 aromatic carbocycles. The monoisotopic (exact) mass is 677 g/mol. The molecule has 0 radical (unpaired) electrons. The van der Waals surface area contributed by atoms with Crippen LogP contribution < -0.4 is 10.2 Å². The van der Waals surface area contributed by atoms with Crippen LogP contribution in [0.25, 0.3) is 33.5 Å². The second kappa shape index (κ2) is 13.6. The van der Waals surface area contributed by atoms with E-state index < -0.39 is 11.2 Å². The van der Waals surface area contributed by atoms with Crippen molar-refractivity contribution in [2.45, 2.75) is 12.8 Å². The van der Waals surface area contributed by atoms with Gasteiger partial charge in [-0.25, -0.2) is 19.3 Å². The summed E-state index contributed by atoms with van der Waals surface area (Å²) < 4.78 is 13.2. The third-order valence-electron chi connectivity index (χ3n) is 9.28. The van der Waals surface area contributed by atoms with Gasteiger partial charge in [0.2, 0.25) is 11.8 Å². The summed E-state index contributed by atoms with van der Waals surface area (Å²) in [7, 11) is 0. The highest BCUT2D eigenvalue weighted by molar-refractivity contribution is 6.29. The molecule has 2 fully saturated rings. The molecule has 49 heavy (non-hydrogen) atoms. The molecular formula is C36H33ClFN9O2. The van der Waals surface area contributed by atoms with Gasteiger partial charge in [0.05, 0.1) is 29.9 Å². The fraction of sp³-hybridized carbons (Fsp3) is 0.278. The number of carbonyl (C=O) groups is 2. The number of rotatable bonds is 8. The molecule has 5 aromatic rings. The molecule has 1 atom stereocenters. The molecule has 2 aliphatic heterocycles. The van der Waals surface area contributed by atoms with Gasteiger partial charge in [0.15, 0.2) is 11.6 Å². The van der Waals surface area contributed by atoms with Crippen LogP contribution in [0.5, 0.6) is 0 Å².